The minimum atomic E-state index is -4.61. The Morgan fingerprint density at radius 1 is 1.03 bits per heavy atom. The monoisotopic (exact) mass is 505 g/mol. The number of phosphoric ester groups is 1. The second kappa shape index (κ2) is 16.6. The van der Waals surface area contributed by atoms with E-state index in [0.29, 0.717) is 13.0 Å². The standard InChI is InChI=1S/C22H36NO10P/c1-2-3-4-5-6-13-30-19-10-7-17(8-11-19)9-12-21(25)31-14-18(24)15-32-34(28,29)33-16-20(23)22(26)27/h7-8,10-11,18,20,24H,2-6,9,12-16,23H2,1H3,(H,26,27)(H,28,29)/t18-,20+/m1/s1. The van der Waals surface area contributed by atoms with Gasteiger partial charge in [-0.1, -0.05) is 44.7 Å². The van der Waals surface area contributed by atoms with Crippen molar-refractivity contribution in [1.29, 1.82) is 0 Å². The van der Waals surface area contributed by atoms with Gasteiger partial charge < -0.3 is 30.3 Å². The zero-order valence-electron chi connectivity index (χ0n) is 19.5. The SMILES string of the molecule is CCCCCCCOc1ccc(CCC(=O)OC[C@@H](O)COP(=O)(O)OC[C@H](N)C(=O)O)cc1. The number of unbranched alkanes of at least 4 members (excludes halogenated alkanes) is 4. The van der Waals surface area contributed by atoms with Crippen LogP contribution in [0.3, 0.4) is 0 Å². The van der Waals surface area contributed by atoms with Gasteiger partial charge in [-0.05, 0) is 30.5 Å². The number of aryl methyl sites for hydroxylation is 1. The van der Waals surface area contributed by atoms with Crippen molar-refractivity contribution >= 4 is 19.8 Å². The zero-order valence-corrected chi connectivity index (χ0v) is 20.4. The Bertz CT molecular complexity index is 773. The number of rotatable bonds is 19. The first-order valence-corrected chi connectivity index (χ1v) is 12.8. The van der Waals surface area contributed by atoms with E-state index in [1.807, 2.05) is 24.3 Å². The maximum absolute atomic E-state index is 11.9. The van der Waals surface area contributed by atoms with Gasteiger partial charge in [-0.3, -0.25) is 18.6 Å². The van der Waals surface area contributed by atoms with Crippen LogP contribution in [0.15, 0.2) is 24.3 Å². The molecule has 0 amide bonds. The smallest absolute Gasteiger partial charge is 0.472 e. The van der Waals surface area contributed by atoms with Crippen molar-refractivity contribution in [2.24, 2.45) is 5.73 Å². The molecule has 194 valence electrons. The molecule has 1 aromatic carbocycles. The van der Waals surface area contributed by atoms with Gasteiger partial charge in [0.1, 0.15) is 24.5 Å². The quantitative estimate of drug-likeness (QED) is 0.123. The van der Waals surface area contributed by atoms with Crippen LogP contribution in [0.25, 0.3) is 0 Å². The number of carboxylic acids is 1. The van der Waals surface area contributed by atoms with Gasteiger partial charge >= 0.3 is 19.8 Å². The molecule has 5 N–H and O–H groups in total. The van der Waals surface area contributed by atoms with Gasteiger partial charge in [0.25, 0.3) is 0 Å². The van der Waals surface area contributed by atoms with Crippen LogP contribution in [0.1, 0.15) is 51.0 Å². The number of phosphoric acid groups is 1. The van der Waals surface area contributed by atoms with Crippen molar-refractivity contribution in [3.63, 3.8) is 0 Å². The highest BCUT2D eigenvalue weighted by Crippen LogP contribution is 2.43. The fraction of sp³-hybridized carbons (Fsp3) is 0.636. The fourth-order valence-corrected chi connectivity index (χ4v) is 3.45. The highest BCUT2D eigenvalue weighted by Gasteiger charge is 2.26. The van der Waals surface area contributed by atoms with E-state index in [0.717, 1.165) is 24.2 Å². The molecule has 0 fully saturated rings. The first-order valence-electron chi connectivity index (χ1n) is 11.3. The molecule has 0 aliphatic carbocycles. The van der Waals surface area contributed by atoms with Gasteiger partial charge in [-0.15, -0.1) is 0 Å². The molecule has 0 aliphatic rings. The highest BCUT2D eigenvalue weighted by molar-refractivity contribution is 7.47. The molecule has 0 saturated carbocycles. The molecule has 1 aromatic rings. The minimum absolute atomic E-state index is 0.0832. The number of carbonyl (C=O) groups is 2. The van der Waals surface area contributed by atoms with E-state index in [2.05, 4.69) is 16.0 Å². The van der Waals surface area contributed by atoms with Crippen LogP contribution in [-0.4, -0.2) is 65.6 Å². The van der Waals surface area contributed by atoms with Crippen molar-refractivity contribution in [3.05, 3.63) is 29.8 Å². The molecule has 0 aromatic heterocycles. The predicted molar refractivity (Wildman–Crippen MR) is 123 cm³/mol. The number of nitrogens with two attached hydrogens (primary N) is 1. The summed E-state index contributed by atoms with van der Waals surface area (Å²) < 4.78 is 31.2. The van der Waals surface area contributed by atoms with Crippen LogP contribution < -0.4 is 10.5 Å². The molecule has 3 atom stereocenters. The number of benzene rings is 1. The van der Waals surface area contributed by atoms with Crippen LogP contribution in [0.4, 0.5) is 0 Å². The highest BCUT2D eigenvalue weighted by atomic mass is 31.2. The Hall–Kier alpha value is -2.01. The number of hydrogen-bond acceptors (Lipinski definition) is 9. The zero-order chi connectivity index (χ0) is 25.4. The number of ether oxygens (including phenoxy) is 2. The number of carboxylic acid groups (broad SMARTS) is 1. The molecule has 0 heterocycles. The molecule has 0 saturated heterocycles. The Balaban J connectivity index is 2.21. The van der Waals surface area contributed by atoms with Gasteiger partial charge in [-0.2, -0.15) is 0 Å². The van der Waals surface area contributed by atoms with Crippen LogP contribution in [0, 0.1) is 0 Å². The third-order valence-corrected chi connectivity index (χ3v) is 5.61. The topological polar surface area (TPSA) is 175 Å². The number of aliphatic carboxylic acids is 1. The third kappa shape index (κ3) is 14.3. The summed E-state index contributed by atoms with van der Waals surface area (Å²) in [7, 11) is -4.61. The van der Waals surface area contributed by atoms with E-state index in [1.165, 1.54) is 19.3 Å². The average Bonchev–Trinajstić information content (AvgIpc) is 2.81. The molecule has 0 bridgehead atoms. The van der Waals surface area contributed by atoms with E-state index < -0.39 is 51.7 Å². The molecule has 34 heavy (non-hydrogen) atoms. The van der Waals surface area contributed by atoms with Crippen LogP contribution in [-0.2, 0) is 34.4 Å². The number of carbonyl (C=O) groups excluding carboxylic acids is 1. The van der Waals surface area contributed by atoms with Gasteiger partial charge in [0.05, 0.1) is 19.8 Å². The van der Waals surface area contributed by atoms with Gasteiger partial charge in [0.15, 0.2) is 0 Å². The van der Waals surface area contributed by atoms with Crippen LogP contribution in [0.2, 0.25) is 0 Å². The summed E-state index contributed by atoms with van der Waals surface area (Å²) in [5.74, 6) is -1.19. The van der Waals surface area contributed by atoms with Crippen LogP contribution >= 0.6 is 7.82 Å². The van der Waals surface area contributed by atoms with Crippen molar-refractivity contribution < 1.29 is 47.8 Å². The second-order valence-electron chi connectivity index (χ2n) is 7.75. The Kier molecular flexibility index (Phi) is 14.6. The number of aliphatic hydroxyl groups is 1. The van der Waals surface area contributed by atoms with Crippen molar-refractivity contribution in [2.45, 2.75) is 64.0 Å². The Labute approximate surface area is 199 Å². The maximum Gasteiger partial charge on any atom is 0.472 e. The number of hydrogen-bond donors (Lipinski definition) is 4. The molecular formula is C22H36NO10P. The largest absolute Gasteiger partial charge is 0.494 e. The molecule has 1 unspecified atom stereocenters. The lowest BCUT2D eigenvalue weighted by molar-refractivity contribution is -0.147. The second-order valence-corrected chi connectivity index (χ2v) is 9.20. The van der Waals surface area contributed by atoms with Crippen molar-refractivity contribution in [2.75, 3.05) is 26.4 Å². The van der Waals surface area contributed by atoms with Crippen molar-refractivity contribution in [3.8, 4) is 5.75 Å². The molecule has 11 nitrogen and oxygen atoms in total. The van der Waals surface area contributed by atoms with Gasteiger partial charge in [-0.25, -0.2) is 4.57 Å². The van der Waals surface area contributed by atoms with Crippen molar-refractivity contribution in [1.82, 2.24) is 0 Å². The van der Waals surface area contributed by atoms with E-state index in [-0.39, 0.29) is 6.42 Å². The van der Waals surface area contributed by atoms with E-state index in [4.69, 9.17) is 20.3 Å². The lowest BCUT2D eigenvalue weighted by Gasteiger charge is -2.16. The summed E-state index contributed by atoms with van der Waals surface area (Å²) in [6.07, 6.45) is 5.00. The summed E-state index contributed by atoms with van der Waals surface area (Å²) in [6.45, 7) is 0.995. The molecule has 1 rings (SSSR count). The lowest BCUT2D eigenvalue weighted by atomic mass is 10.1. The number of esters is 1. The normalized spacial score (nSPS) is 14.7. The first-order chi connectivity index (χ1) is 16.1. The summed E-state index contributed by atoms with van der Waals surface area (Å²) in [5.41, 5.74) is 6.08. The molecule has 12 heteroatoms. The van der Waals surface area contributed by atoms with E-state index in [9.17, 15) is 24.2 Å². The van der Waals surface area contributed by atoms with Gasteiger partial charge in [0, 0.05) is 6.42 Å². The third-order valence-electron chi connectivity index (χ3n) is 4.66. The molecule has 0 aliphatic heterocycles. The minimum Gasteiger partial charge on any atom is -0.494 e. The lowest BCUT2D eigenvalue weighted by Crippen LogP contribution is -2.34. The first kappa shape index (κ1) is 30.0. The Morgan fingerprint density at radius 2 is 1.68 bits per heavy atom. The molecular weight excluding hydrogens is 469 g/mol. The Morgan fingerprint density at radius 3 is 2.32 bits per heavy atom. The fourth-order valence-electron chi connectivity index (χ4n) is 2.67. The summed E-state index contributed by atoms with van der Waals surface area (Å²) >= 11 is 0. The molecule has 0 radical (unpaired) electrons. The van der Waals surface area contributed by atoms with Crippen LogP contribution in [0.5, 0.6) is 5.75 Å². The average molecular weight is 506 g/mol. The maximum atomic E-state index is 11.9. The summed E-state index contributed by atoms with van der Waals surface area (Å²) in [4.78, 5) is 31.9. The molecule has 0 spiro atoms. The van der Waals surface area contributed by atoms with E-state index in [1.54, 1.807) is 0 Å². The summed E-state index contributed by atoms with van der Waals surface area (Å²) in [6, 6.07) is 5.95. The van der Waals surface area contributed by atoms with Gasteiger partial charge in [0.2, 0.25) is 0 Å². The number of aliphatic hydroxyl groups excluding tert-OH is 1. The predicted octanol–water partition coefficient (Wildman–Crippen LogP) is 2.42. The summed E-state index contributed by atoms with van der Waals surface area (Å²) in [5, 5.41) is 18.3. The van der Waals surface area contributed by atoms with E-state index >= 15 is 0 Å².